The highest BCUT2D eigenvalue weighted by Gasteiger charge is 2.17. The molecule has 24 heavy (non-hydrogen) atoms. The molecule has 4 N–H and O–H groups in total. The maximum absolute atomic E-state index is 12.5. The van der Waals surface area contributed by atoms with Gasteiger partial charge in [-0.05, 0) is 23.8 Å². The Morgan fingerprint density at radius 1 is 1.12 bits per heavy atom. The van der Waals surface area contributed by atoms with E-state index in [-0.39, 0.29) is 11.9 Å². The molecule has 2 aromatic rings. The van der Waals surface area contributed by atoms with Gasteiger partial charge in [-0.15, -0.1) is 0 Å². The van der Waals surface area contributed by atoms with Crippen LogP contribution in [0.5, 0.6) is 0 Å². The molecule has 2 unspecified atom stereocenters. The summed E-state index contributed by atoms with van der Waals surface area (Å²) in [6.45, 7) is 0. The monoisotopic (exact) mass is 345 g/mol. The summed E-state index contributed by atoms with van der Waals surface area (Å²) in [4.78, 5) is 23.4. The number of benzene rings is 2. The Bertz CT molecular complexity index is 750. The molecule has 3 amide bonds. The van der Waals surface area contributed by atoms with Gasteiger partial charge in [-0.1, -0.05) is 36.4 Å². The van der Waals surface area contributed by atoms with Crippen LogP contribution in [0.25, 0.3) is 0 Å². The van der Waals surface area contributed by atoms with Gasteiger partial charge in [0.25, 0.3) is 5.91 Å². The normalized spacial score (nSPS) is 12.9. The molecule has 126 valence electrons. The fourth-order valence-corrected chi connectivity index (χ4v) is 3.01. The predicted molar refractivity (Wildman–Crippen MR) is 95.2 cm³/mol. The molecule has 0 saturated carbocycles. The Hall–Kier alpha value is -2.67. The SMILES string of the molecule is CS(=O)CC(NC(=O)c1cccc(NC(N)=O)c1)c1ccccc1. The Kier molecular flexibility index (Phi) is 6.08. The molecule has 0 saturated heterocycles. The van der Waals surface area contributed by atoms with Crippen LogP contribution in [0.3, 0.4) is 0 Å². The number of hydrogen-bond donors (Lipinski definition) is 3. The van der Waals surface area contributed by atoms with E-state index in [1.807, 2.05) is 30.3 Å². The van der Waals surface area contributed by atoms with Gasteiger partial charge in [0.2, 0.25) is 0 Å². The molecule has 7 heteroatoms. The predicted octanol–water partition coefficient (Wildman–Crippen LogP) is 2.03. The van der Waals surface area contributed by atoms with Crippen LogP contribution in [0, 0.1) is 0 Å². The van der Waals surface area contributed by atoms with Crippen LogP contribution < -0.4 is 16.4 Å². The number of nitrogens with one attached hydrogen (secondary N) is 2. The van der Waals surface area contributed by atoms with Crippen molar-refractivity contribution < 1.29 is 13.8 Å². The van der Waals surface area contributed by atoms with E-state index < -0.39 is 16.8 Å². The van der Waals surface area contributed by atoms with Crippen molar-refractivity contribution in [3.63, 3.8) is 0 Å². The standard InChI is InChI=1S/C17H19N3O3S/c1-24(23)11-15(12-6-3-2-4-7-12)20-16(21)13-8-5-9-14(10-13)19-17(18)22/h2-10,15H,11H2,1H3,(H,20,21)(H3,18,19,22). The van der Waals surface area contributed by atoms with Crippen LogP contribution in [0.15, 0.2) is 54.6 Å². The third-order valence-corrected chi connectivity index (χ3v) is 4.10. The number of carbonyl (C=O) groups excluding carboxylic acids is 2. The van der Waals surface area contributed by atoms with E-state index in [1.54, 1.807) is 24.5 Å². The molecule has 2 atom stereocenters. The van der Waals surface area contributed by atoms with Crippen LogP contribution in [-0.2, 0) is 10.8 Å². The highest BCUT2D eigenvalue weighted by molar-refractivity contribution is 7.84. The van der Waals surface area contributed by atoms with Crippen molar-refractivity contribution in [2.24, 2.45) is 5.73 Å². The van der Waals surface area contributed by atoms with Crippen LogP contribution in [0.1, 0.15) is 22.0 Å². The molecule has 0 fully saturated rings. The fourth-order valence-electron chi connectivity index (χ4n) is 2.26. The second kappa shape index (κ2) is 8.26. The molecular weight excluding hydrogens is 326 g/mol. The minimum atomic E-state index is -1.07. The van der Waals surface area contributed by atoms with Crippen molar-refractivity contribution in [1.82, 2.24) is 5.32 Å². The second-order valence-electron chi connectivity index (χ2n) is 5.25. The molecule has 6 nitrogen and oxygen atoms in total. The smallest absolute Gasteiger partial charge is 0.316 e. The van der Waals surface area contributed by atoms with Crippen molar-refractivity contribution in [3.8, 4) is 0 Å². The molecular formula is C17H19N3O3S. The van der Waals surface area contributed by atoms with Crippen LogP contribution in [-0.4, -0.2) is 28.2 Å². The Morgan fingerprint density at radius 3 is 2.46 bits per heavy atom. The molecule has 0 bridgehead atoms. The molecule has 2 rings (SSSR count). The van der Waals surface area contributed by atoms with Gasteiger partial charge in [0.15, 0.2) is 0 Å². The molecule has 2 aromatic carbocycles. The first-order valence-electron chi connectivity index (χ1n) is 7.28. The minimum absolute atomic E-state index is 0.314. The first-order valence-corrected chi connectivity index (χ1v) is 9.01. The molecule has 0 radical (unpaired) electrons. The average molecular weight is 345 g/mol. The number of urea groups is 1. The van der Waals surface area contributed by atoms with E-state index in [9.17, 15) is 13.8 Å². The second-order valence-corrected chi connectivity index (χ2v) is 6.73. The maximum Gasteiger partial charge on any atom is 0.316 e. The zero-order valence-corrected chi connectivity index (χ0v) is 14.0. The average Bonchev–Trinajstić information content (AvgIpc) is 2.54. The van der Waals surface area contributed by atoms with E-state index in [2.05, 4.69) is 10.6 Å². The lowest BCUT2D eigenvalue weighted by molar-refractivity contribution is 0.0940. The number of primary amides is 1. The minimum Gasteiger partial charge on any atom is -0.351 e. The van der Waals surface area contributed by atoms with Gasteiger partial charge in [-0.2, -0.15) is 0 Å². The van der Waals surface area contributed by atoms with Gasteiger partial charge in [0, 0.05) is 34.1 Å². The highest BCUT2D eigenvalue weighted by Crippen LogP contribution is 2.16. The van der Waals surface area contributed by atoms with Gasteiger partial charge < -0.3 is 16.4 Å². The number of anilines is 1. The summed E-state index contributed by atoms with van der Waals surface area (Å²) in [6, 6.07) is 14.8. The maximum atomic E-state index is 12.5. The number of hydrogen-bond acceptors (Lipinski definition) is 3. The van der Waals surface area contributed by atoms with Crippen molar-refractivity contribution in [2.75, 3.05) is 17.3 Å². The van der Waals surface area contributed by atoms with Crippen LogP contribution in [0.4, 0.5) is 10.5 Å². The van der Waals surface area contributed by atoms with Gasteiger partial charge >= 0.3 is 6.03 Å². The van der Waals surface area contributed by atoms with E-state index in [0.717, 1.165) is 5.56 Å². The lowest BCUT2D eigenvalue weighted by Gasteiger charge is -2.18. The molecule has 0 aliphatic rings. The quantitative estimate of drug-likeness (QED) is 0.746. The van der Waals surface area contributed by atoms with Crippen molar-refractivity contribution in [3.05, 3.63) is 65.7 Å². The molecule has 0 aromatic heterocycles. The summed E-state index contributed by atoms with van der Waals surface area (Å²) < 4.78 is 11.6. The van der Waals surface area contributed by atoms with Crippen LogP contribution in [0.2, 0.25) is 0 Å². The van der Waals surface area contributed by atoms with Gasteiger partial charge in [-0.3, -0.25) is 9.00 Å². The largest absolute Gasteiger partial charge is 0.351 e. The van der Waals surface area contributed by atoms with Gasteiger partial charge in [-0.25, -0.2) is 4.79 Å². The van der Waals surface area contributed by atoms with E-state index >= 15 is 0 Å². The van der Waals surface area contributed by atoms with Crippen molar-refractivity contribution >= 4 is 28.4 Å². The van der Waals surface area contributed by atoms with E-state index in [4.69, 9.17) is 5.73 Å². The Balaban J connectivity index is 2.18. The van der Waals surface area contributed by atoms with E-state index in [0.29, 0.717) is 17.0 Å². The molecule has 0 heterocycles. The summed E-state index contributed by atoms with van der Waals surface area (Å²) in [5.74, 6) is -0.00274. The zero-order valence-electron chi connectivity index (χ0n) is 13.2. The molecule has 0 spiro atoms. The number of amides is 3. The first kappa shape index (κ1) is 17.7. The fraction of sp³-hybridized carbons (Fsp3) is 0.176. The topological polar surface area (TPSA) is 101 Å². The third-order valence-electron chi connectivity index (χ3n) is 3.30. The summed E-state index contributed by atoms with van der Waals surface area (Å²) in [5.41, 5.74) is 6.77. The molecule has 0 aliphatic carbocycles. The lowest BCUT2D eigenvalue weighted by Crippen LogP contribution is -2.32. The third kappa shape index (κ3) is 5.20. The summed E-state index contributed by atoms with van der Waals surface area (Å²) in [7, 11) is -1.07. The zero-order chi connectivity index (χ0) is 17.5. The van der Waals surface area contributed by atoms with Crippen LogP contribution >= 0.6 is 0 Å². The van der Waals surface area contributed by atoms with Crippen molar-refractivity contribution in [2.45, 2.75) is 6.04 Å². The number of nitrogens with two attached hydrogens (primary N) is 1. The summed E-state index contributed by atoms with van der Waals surface area (Å²) in [5, 5.41) is 5.31. The van der Waals surface area contributed by atoms with Crippen molar-refractivity contribution in [1.29, 1.82) is 0 Å². The number of carbonyl (C=O) groups is 2. The highest BCUT2D eigenvalue weighted by atomic mass is 32.2. The Morgan fingerprint density at radius 2 is 1.83 bits per heavy atom. The first-order chi connectivity index (χ1) is 11.5. The molecule has 0 aliphatic heterocycles. The summed E-state index contributed by atoms with van der Waals surface area (Å²) >= 11 is 0. The Labute approximate surface area is 142 Å². The van der Waals surface area contributed by atoms with E-state index in [1.165, 1.54) is 6.07 Å². The lowest BCUT2D eigenvalue weighted by atomic mass is 10.1. The number of rotatable bonds is 6. The summed E-state index contributed by atoms with van der Waals surface area (Å²) in [6.07, 6.45) is 1.60. The van der Waals surface area contributed by atoms with Gasteiger partial charge in [0.05, 0.1) is 6.04 Å². The van der Waals surface area contributed by atoms with Gasteiger partial charge in [0.1, 0.15) is 0 Å².